The van der Waals surface area contributed by atoms with Crippen molar-refractivity contribution in [2.24, 2.45) is 0 Å². The first-order valence-electron chi connectivity index (χ1n) is 6.74. The SMILES string of the molecule is CCOC(=O)[C@@H](NCP1(=O)CO[Se](=O)OC1)c1ccccc1. The fraction of sp³-hybridized carbons (Fsp3) is 0.462. The topological polar surface area (TPSA) is 90.9 Å². The quantitative estimate of drug-likeness (QED) is 0.445. The molecule has 0 radical (unpaired) electrons. The van der Waals surface area contributed by atoms with Crippen LogP contribution in [0, 0.1) is 0 Å². The second-order valence-corrected chi connectivity index (χ2v) is 9.51. The molecule has 1 aromatic rings. The molecule has 0 amide bonds. The number of carbonyl (C=O) groups is 1. The number of esters is 1. The van der Waals surface area contributed by atoms with Gasteiger partial charge in [-0.2, -0.15) is 0 Å². The van der Waals surface area contributed by atoms with Crippen LogP contribution in [0.3, 0.4) is 0 Å². The molecule has 1 atom stereocenters. The van der Waals surface area contributed by atoms with Crippen LogP contribution in [0.4, 0.5) is 0 Å². The van der Waals surface area contributed by atoms with Crippen LogP contribution in [-0.2, 0) is 25.6 Å². The molecule has 1 heterocycles. The predicted octanol–water partition coefficient (Wildman–Crippen LogP) is 1.58. The summed E-state index contributed by atoms with van der Waals surface area (Å²) in [4.78, 5) is 12.1. The molecule has 0 aromatic heterocycles. The molecule has 0 spiro atoms. The summed E-state index contributed by atoms with van der Waals surface area (Å²) in [5, 5.41) is 2.96. The summed E-state index contributed by atoms with van der Waals surface area (Å²) in [6.45, 7) is 1.99. The first kappa shape index (κ1) is 17.5. The van der Waals surface area contributed by atoms with Gasteiger partial charge in [0.05, 0.1) is 0 Å². The van der Waals surface area contributed by atoms with E-state index in [0.29, 0.717) is 0 Å². The van der Waals surface area contributed by atoms with Crippen molar-refractivity contribution in [1.82, 2.24) is 5.32 Å². The third-order valence-electron chi connectivity index (χ3n) is 3.01. The third-order valence-corrected chi connectivity index (χ3v) is 7.05. The number of hydrogen-bond acceptors (Lipinski definition) is 7. The number of rotatable bonds is 6. The Morgan fingerprint density at radius 1 is 1.36 bits per heavy atom. The summed E-state index contributed by atoms with van der Waals surface area (Å²) in [6, 6.07) is 8.33. The molecular formula is C13H18NO6PSe. The molecule has 1 N–H and O–H groups in total. The van der Waals surface area contributed by atoms with Crippen molar-refractivity contribution in [2.75, 3.05) is 25.6 Å². The Labute approximate surface area is 133 Å². The second kappa shape index (κ2) is 8.11. The number of benzene rings is 1. The second-order valence-electron chi connectivity index (χ2n) is 4.71. The van der Waals surface area contributed by atoms with Crippen molar-refractivity contribution in [3.8, 4) is 0 Å². The first-order valence-corrected chi connectivity index (χ1v) is 11.1. The van der Waals surface area contributed by atoms with Gasteiger partial charge < -0.3 is 0 Å². The average molecular weight is 394 g/mol. The molecule has 9 heteroatoms. The van der Waals surface area contributed by atoms with Crippen molar-refractivity contribution in [3.05, 3.63) is 35.9 Å². The maximum atomic E-state index is 12.5. The van der Waals surface area contributed by atoms with E-state index in [2.05, 4.69) is 5.32 Å². The van der Waals surface area contributed by atoms with Crippen molar-refractivity contribution >= 4 is 27.6 Å². The van der Waals surface area contributed by atoms with E-state index in [1.165, 1.54) is 0 Å². The summed E-state index contributed by atoms with van der Waals surface area (Å²) in [6.07, 6.45) is -0.152. The average Bonchev–Trinajstić information content (AvgIpc) is 2.52. The van der Waals surface area contributed by atoms with E-state index < -0.39 is 33.6 Å². The third kappa shape index (κ3) is 4.81. The number of hydrogen-bond donors (Lipinski definition) is 1. The molecule has 1 aliphatic rings. The molecule has 7 nitrogen and oxygen atoms in total. The van der Waals surface area contributed by atoms with Crippen LogP contribution in [0.25, 0.3) is 0 Å². The summed E-state index contributed by atoms with van der Waals surface area (Å²) in [5.74, 6) is -0.436. The van der Waals surface area contributed by atoms with Crippen molar-refractivity contribution in [3.63, 3.8) is 0 Å². The molecule has 0 aliphatic carbocycles. The summed E-state index contributed by atoms with van der Waals surface area (Å²) in [5.41, 5.74) is 0.724. The zero-order valence-corrected chi connectivity index (χ0v) is 14.7. The Balaban J connectivity index is 2.05. The van der Waals surface area contributed by atoms with E-state index >= 15 is 0 Å². The minimum absolute atomic E-state index is 0.0459. The summed E-state index contributed by atoms with van der Waals surface area (Å²) < 4.78 is 38.3. The van der Waals surface area contributed by atoms with Crippen LogP contribution in [0.2, 0.25) is 0 Å². The Hall–Kier alpha value is -0.881. The van der Waals surface area contributed by atoms with Crippen LogP contribution >= 0.6 is 7.14 Å². The van der Waals surface area contributed by atoms with Gasteiger partial charge in [-0.05, 0) is 0 Å². The molecule has 1 aliphatic heterocycles. The predicted molar refractivity (Wildman–Crippen MR) is 79.8 cm³/mol. The van der Waals surface area contributed by atoms with Crippen LogP contribution < -0.4 is 5.32 Å². The van der Waals surface area contributed by atoms with Gasteiger partial charge in [0, 0.05) is 0 Å². The van der Waals surface area contributed by atoms with E-state index in [4.69, 9.17) is 12.4 Å². The summed E-state index contributed by atoms with van der Waals surface area (Å²) >= 11 is -2.73. The van der Waals surface area contributed by atoms with Gasteiger partial charge in [-0.15, -0.1) is 0 Å². The molecule has 0 saturated carbocycles. The van der Waals surface area contributed by atoms with Crippen LogP contribution in [0.5, 0.6) is 0 Å². The van der Waals surface area contributed by atoms with Gasteiger partial charge in [-0.25, -0.2) is 0 Å². The van der Waals surface area contributed by atoms with Crippen LogP contribution in [0.15, 0.2) is 30.3 Å². The first-order chi connectivity index (χ1) is 10.5. The minimum atomic E-state index is -2.82. The monoisotopic (exact) mass is 395 g/mol. The van der Waals surface area contributed by atoms with Crippen LogP contribution in [0.1, 0.15) is 18.5 Å². The Morgan fingerprint density at radius 3 is 2.59 bits per heavy atom. The van der Waals surface area contributed by atoms with E-state index in [-0.39, 0.29) is 25.6 Å². The van der Waals surface area contributed by atoms with Gasteiger partial charge in [0.2, 0.25) is 0 Å². The van der Waals surface area contributed by atoms with Gasteiger partial charge in [0.1, 0.15) is 0 Å². The Morgan fingerprint density at radius 2 is 2.00 bits per heavy atom. The maximum absolute atomic E-state index is 12.5. The Kier molecular flexibility index (Phi) is 6.44. The van der Waals surface area contributed by atoms with Gasteiger partial charge in [0.25, 0.3) is 0 Å². The zero-order valence-electron chi connectivity index (χ0n) is 12.1. The standard InChI is InChI=1S/C13H18NO6PSe/c1-2-18-13(15)12(11-6-4-3-5-7-11)14-8-21(16)9-19-22(17)20-10-21/h3-7,12,14H,2,8-10H2,1H3/t12-,21?,22?/m0/s1. The zero-order chi connectivity index (χ0) is 16.0. The molecule has 0 bridgehead atoms. The molecule has 2 rings (SSSR count). The van der Waals surface area contributed by atoms with Gasteiger partial charge in [-0.3, -0.25) is 0 Å². The summed E-state index contributed by atoms with van der Waals surface area (Å²) in [7, 11) is -2.82. The normalized spacial score (nSPS) is 26.3. The van der Waals surface area contributed by atoms with Gasteiger partial charge in [0.15, 0.2) is 0 Å². The number of carbonyl (C=O) groups excluding carboxylic acids is 1. The van der Waals surface area contributed by atoms with Gasteiger partial charge in [-0.1, -0.05) is 0 Å². The van der Waals surface area contributed by atoms with Crippen molar-refractivity contribution in [2.45, 2.75) is 13.0 Å². The van der Waals surface area contributed by atoms with E-state index in [9.17, 15) is 13.2 Å². The fourth-order valence-electron chi connectivity index (χ4n) is 1.91. The Bertz CT molecular complexity index is 567. The van der Waals surface area contributed by atoms with E-state index in [0.717, 1.165) is 5.56 Å². The number of ether oxygens (including phenoxy) is 1. The molecule has 0 unspecified atom stereocenters. The van der Waals surface area contributed by atoms with Crippen molar-refractivity contribution < 1.29 is 25.6 Å². The van der Waals surface area contributed by atoms with E-state index in [1.54, 1.807) is 19.1 Å². The molecule has 22 heavy (non-hydrogen) atoms. The van der Waals surface area contributed by atoms with Gasteiger partial charge >= 0.3 is 133 Å². The van der Waals surface area contributed by atoms with Crippen molar-refractivity contribution in [1.29, 1.82) is 0 Å². The molecular weight excluding hydrogens is 376 g/mol. The molecule has 1 aromatic carbocycles. The molecule has 122 valence electrons. The molecule has 1 saturated heterocycles. The molecule has 1 fully saturated rings. The fourth-order valence-corrected chi connectivity index (χ4v) is 6.88. The number of nitrogens with one attached hydrogen (secondary N) is 1. The van der Waals surface area contributed by atoms with E-state index in [1.807, 2.05) is 18.2 Å². The van der Waals surface area contributed by atoms with Crippen LogP contribution in [-0.4, -0.2) is 46.1 Å².